The quantitative estimate of drug-likeness (QED) is 0.823. The fraction of sp³-hybridized carbons (Fsp3) is 0.688. The maximum absolute atomic E-state index is 12.7. The van der Waals surface area contributed by atoms with E-state index in [4.69, 9.17) is 4.74 Å². The molecule has 2 saturated heterocycles. The molecule has 2 fully saturated rings. The lowest BCUT2D eigenvalue weighted by molar-refractivity contribution is -0.149. The highest BCUT2D eigenvalue weighted by molar-refractivity contribution is 7.13. The largest absolute Gasteiger partial charge is 0.365 e. The van der Waals surface area contributed by atoms with Crippen molar-refractivity contribution < 1.29 is 14.3 Å². The van der Waals surface area contributed by atoms with Crippen molar-refractivity contribution in [3.63, 3.8) is 0 Å². The van der Waals surface area contributed by atoms with Gasteiger partial charge in [0.1, 0.15) is 4.88 Å². The lowest BCUT2D eigenvalue weighted by Gasteiger charge is -2.36. The van der Waals surface area contributed by atoms with E-state index < -0.39 is 6.10 Å². The molecule has 3 rings (SSSR count). The highest BCUT2D eigenvalue weighted by atomic mass is 32.1. The van der Waals surface area contributed by atoms with Gasteiger partial charge >= 0.3 is 0 Å². The highest BCUT2D eigenvalue weighted by Gasteiger charge is 2.33. The number of likely N-dealkylation sites (tertiary alicyclic amines) is 1. The first-order valence-electron chi connectivity index (χ1n) is 8.20. The zero-order valence-corrected chi connectivity index (χ0v) is 14.5. The monoisotopic (exact) mass is 337 g/mol. The normalized spacial score (nSPS) is 22.3. The Hall–Kier alpha value is -1.47. The van der Waals surface area contributed by atoms with Crippen LogP contribution in [-0.2, 0) is 9.53 Å². The van der Waals surface area contributed by atoms with E-state index in [-0.39, 0.29) is 11.8 Å². The average Bonchev–Trinajstić information content (AvgIpc) is 2.93. The fourth-order valence-corrected chi connectivity index (χ4v) is 4.06. The Kier molecular flexibility index (Phi) is 4.96. The molecule has 0 N–H and O–H groups in total. The first-order valence-corrected chi connectivity index (χ1v) is 9.01. The smallest absolute Gasteiger partial charge is 0.266 e. The van der Waals surface area contributed by atoms with Gasteiger partial charge in [-0.15, -0.1) is 11.3 Å². The second kappa shape index (κ2) is 6.97. The van der Waals surface area contributed by atoms with E-state index >= 15 is 0 Å². The Bertz CT molecular complexity index is 595. The van der Waals surface area contributed by atoms with Gasteiger partial charge in [0.25, 0.3) is 11.8 Å². The highest BCUT2D eigenvalue weighted by Crippen LogP contribution is 2.21. The fourth-order valence-electron chi connectivity index (χ4n) is 3.17. The number of hydrogen-bond acceptors (Lipinski definition) is 5. The van der Waals surface area contributed by atoms with Crippen LogP contribution in [0.1, 0.15) is 39.6 Å². The van der Waals surface area contributed by atoms with Crippen LogP contribution in [0.4, 0.5) is 0 Å². The second-order valence-electron chi connectivity index (χ2n) is 6.14. The third kappa shape index (κ3) is 3.55. The van der Waals surface area contributed by atoms with Gasteiger partial charge in [-0.2, -0.15) is 0 Å². The molecule has 0 saturated carbocycles. The molecule has 2 aliphatic rings. The van der Waals surface area contributed by atoms with E-state index in [1.807, 2.05) is 18.7 Å². The van der Waals surface area contributed by atoms with Crippen molar-refractivity contribution >= 4 is 23.2 Å². The summed E-state index contributed by atoms with van der Waals surface area (Å²) in [6, 6.07) is 0. The van der Waals surface area contributed by atoms with Gasteiger partial charge in [0.05, 0.1) is 23.9 Å². The molecule has 0 radical (unpaired) electrons. The summed E-state index contributed by atoms with van der Waals surface area (Å²) in [7, 11) is 0. The number of rotatable bonds is 2. The van der Waals surface area contributed by atoms with Crippen LogP contribution in [0.15, 0.2) is 0 Å². The summed E-state index contributed by atoms with van der Waals surface area (Å²) in [5.74, 6) is -0.00717. The van der Waals surface area contributed by atoms with E-state index in [0.717, 1.165) is 36.6 Å². The lowest BCUT2D eigenvalue weighted by Crippen LogP contribution is -2.53. The van der Waals surface area contributed by atoms with Crippen LogP contribution in [0.25, 0.3) is 0 Å². The van der Waals surface area contributed by atoms with Gasteiger partial charge in [-0.3, -0.25) is 9.59 Å². The minimum atomic E-state index is -0.528. The number of ether oxygens (including phenoxy) is 1. The Balaban J connectivity index is 1.66. The second-order valence-corrected chi connectivity index (χ2v) is 7.35. The molecule has 0 aromatic carbocycles. The molecule has 2 aliphatic heterocycles. The van der Waals surface area contributed by atoms with Crippen LogP contribution >= 0.6 is 11.3 Å². The number of piperidine rings is 1. The Morgan fingerprint density at radius 3 is 2.52 bits per heavy atom. The lowest BCUT2D eigenvalue weighted by atomic mass is 10.1. The third-order valence-electron chi connectivity index (χ3n) is 4.39. The Morgan fingerprint density at radius 1 is 1.13 bits per heavy atom. The van der Waals surface area contributed by atoms with Crippen LogP contribution in [-0.4, -0.2) is 65.5 Å². The maximum atomic E-state index is 12.7. The number of hydrogen-bond donors (Lipinski definition) is 0. The van der Waals surface area contributed by atoms with Gasteiger partial charge in [-0.1, -0.05) is 0 Å². The first-order chi connectivity index (χ1) is 11.1. The summed E-state index contributed by atoms with van der Waals surface area (Å²) in [5.41, 5.74) is 0.767. The standard InChI is InChI=1S/C16H23N3O3S/c1-11-14(23-12(2)17-11)16(21)19-8-9-22-13(10-19)15(20)18-6-4-3-5-7-18/h13H,3-10H2,1-2H3/t13-/m1/s1. The summed E-state index contributed by atoms with van der Waals surface area (Å²) in [6.45, 7) is 6.64. The number of morpholine rings is 1. The van der Waals surface area contributed by atoms with Gasteiger partial charge < -0.3 is 14.5 Å². The van der Waals surface area contributed by atoms with Crippen molar-refractivity contribution in [1.29, 1.82) is 0 Å². The molecule has 3 heterocycles. The van der Waals surface area contributed by atoms with Crippen molar-refractivity contribution in [3.8, 4) is 0 Å². The molecule has 0 spiro atoms. The molecule has 23 heavy (non-hydrogen) atoms. The zero-order chi connectivity index (χ0) is 16.4. The molecule has 0 bridgehead atoms. The Labute approximate surface area is 140 Å². The summed E-state index contributed by atoms with van der Waals surface area (Å²) in [4.78, 5) is 33.9. The summed E-state index contributed by atoms with van der Waals surface area (Å²) in [5, 5.41) is 0.889. The number of thiazole rings is 1. The van der Waals surface area contributed by atoms with Crippen molar-refractivity contribution in [1.82, 2.24) is 14.8 Å². The molecule has 1 atom stereocenters. The van der Waals surface area contributed by atoms with Gasteiger partial charge in [-0.05, 0) is 33.1 Å². The predicted octanol–water partition coefficient (Wildman–Crippen LogP) is 1.61. The van der Waals surface area contributed by atoms with Crippen molar-refractivity contribution in [2.75, 3.05) is 32.8 Å². The van der Waals surface area contributed by atoms with Crippen LogP contribution in [0.3, 0.4) is 0 Å². The van der Waals surface area contributed by atoms with Gasteiger partial charge in [0.15, 0.2) is 6.10 Å². The number of amides is 2. The maximum Gasteiger partial charge on any atom is 0.266 e. The van der Waals surface area contributed by atoms with Gasteiger partial charge in [0, 0.05) is 19.6 Å². The van der Waals surface area contributed by atoms with E-state index in [0.29, 0.717) is 24.6 Å². The molecule has 1 aromatic heterocycles. The topological polar surface area (TPSA) is 62.7 Å². The summed E-state index contributed by atoms with van der Waals surface area (Å²) in [6.07, 6.45) is 2.77. The van der Waals surface area contributed by atoms with E-state index in [1.165, 1.54) is 17.8 Å². The molecule has 126 valence electrons. The molecule has 2 amide bonds. The molecular weight excluding hydrogens is 314 g/mol. The first kappa shape index (κ1) is 16.4. The number of nitrogens with zero attached hydrogens (tertiary/aromatic N) is 3. The number of aryl methyl sites for hydroxylation is 2. The molecule has 6 nitrogen and oxygen atoms in total. The summed E-state index contributed by atoms with van der Waals surface area (Å²) >= 11 is 1.42. The van der Waals surface area contributed by atoms with Gasteiger partial charge in [-0.25, -0.2) is 4.98 Å². The van der Waals surface area contributed by atoms with Crippen molar-refractivity contribution in [2.24, 2.45) is 0 Å². The van der Waals surface area contributed by atoms with E-state index in [1.54, 1.807) is 4.90 Å². The van der Waals surface area contributed by atoms with Crippen LogP contribution in [0, 0.1) is 13.8 Å². The predicted molar refractivity (Wildman–Crippen MR) is 87.7 cm³/mol. The van der Waals surface area contributed by atoms with Crippen LogP contribution in [0.2, 0.25) is 0 Å². The minimum Gasteiger partial charge on any atom is -0.365 e. The molecule has 0 aliphatic carbocycles. The molecular formula is C16H23N3O3S. The molecule has 0 unspecified atom stereocenters. The van der Waals surface area contributed by atoms with Crippen LogP contribution in [0.5, 0.6) is 0 Å². The third-order valence-corrected chi connectivity index (χ3v) is 5.46. The van der Waals surface area contributed by atoms with Crippen molar-refractivity contribution in [3.05, 3.63) is 15.6 Å². The average molecular weight is 337 g/mol. The molecule has 1 aromatic rings. The van der Waals surface area contributed by atoms with E-state index in [9.17, 15) is 9.59 Å². The molecule has 7 heteroatoms. The van der Waals surface area contributed by atoms with E-state index in [2.05, 4.69) is 4.98 Å². The number of carbonyl (C=O) groups excluding carboxylic acids is 2. The number of aromatic nitrogens is 1. The number of carbonyl (C=O) groups is 2. The van der Waals surface area contributed by atoms with Crippen LogP contribution < -0.4 is 0 Å². The SMILES string of the molecule is Cc1nc(C)c(C(=O)N2CCO[C@@H](C(=O)N3CCCCC3)C2)s1. The van der Waals surface area contributed by atoms with Gasteiger partial charge in [0.2, 0.25) is 0 Å². The zero-order valence-electron chi connectivity index (χ0n) is 13.7. The van der Waals surface area contributed by atoms with Crippen molar-refractivity contribution in [2.45, 2.75) is 39.2 Å². The minimum absolute atomic E-state index is 0.0272. The summed E-state index contributed by atoms with van der Waals surface area (Å²) < 4.78 is 5.65. The Morgan fingerprint density at radius 2 is 1.87 bits per heavy atom.